The lowest BCUT2D eigenvalue weighted by atomic mass is 10.2. The molecule has 2 heterocycles. The summed E-state index contributed by atoms with van der Waals surface area (Å²) < 4.78 is 22.4. The molecule has 0 saturated carbocycles. The molecule has 26 heavy (non-hydrogen) atoms. The summed E-state index contributed by atoms with van der Waals surface area (Å²) in [5.74, 6) is 0.886. The number of aromatic nitrogens is 4. The van der Waals surface area contributed by atoms with Gasteiger partial charge in [-0.25, -0.2) is 4.39 Å². The predicted octanol–water partition coefficient (Wildman–Crippen LogP) is 2.89. The van der Waals surface area contributed by atoms with Crippen molar-refractivity contribution < 1.29 is 9.13 Å². The van der Waals surface area contributed by atoms with Crippen LogP contribution < -0.4 is 10.3 Å². The quantitative estimate of drug-likeness (QED) is 0.399. The molecule has 0 amide bonds. The van der Waals surface area contributed by atoms with Crippen molar-refractivity contribution >= 4 is 28.4 Å². The van der Waals surface area contributed by atoms with Crippen LogP contribution in [-0.4, -0.2) is 31.5 Å². The van der Waals surface area contributed by atoms with Gasteiger partial charge in [-0.1, -0.05) is 36.0 Å². The van der Waals surface area contributed by atoms with Crippen LogP contribution in [-0.2, 0) is 7.05 Å². The smallest absolute Gasteiger partial charge is 0.262 e. The van der Waals surface area contributed by atoms with Gasteiger partial charge < -0.3 is 4.74 Å². The monoisotopic (exact) mass is 370 g/mol. The van der Waals surface area contributed by atoms with E-state index >= 15 is 0 Å². The van der Waals surface area contributed by atoms with Crippen LogP contribution in [0.3, 0.4) is 0 Å². The first-order chi connectivity index (χ1) is 12.7. The lowest BCUT2D eigenvalue weighted by Gasteiger charge is -2.08. The van der Waals surface area contributed by atoms with E-state index in [1.54, 1.807) is 31.3 Å². The molecule has 8 heteroatoms. The molecule has 0 N–H and O–H groups in total. The Morgan fingerprint density at radius 2 is 1.88 bits per heavy atom. The van der Waals surface area contributed by atoms with E-state index < -0.39 is 0 Å². The second-order valence-corrected chi connectivity index (χ2v) is 6.69. The maximum absolute atomic E-state index is 13.6. The molecule has 0 saturated heterocycles. The summed E-state index contributed by atoms with van der Waals surface area (Å²) in [5.41, 5.74) is 0.646. The minimum absolute atomic E-state index is 0.111. The number of thioether (sulfide) groups is 1. The third kappa shape index (κ3) is 2.82. The molecular weight excluding hydrogens is 355 g/mol. The summed E-state index contributed by atoms with van der Waals surface area (Å²) in [5, 5.41) is 9.59. The molecule has 0 aliphatic rings. The maximum atomic E-state index is 13.6. The van der Waals surface area contributed by atoms with Crippen molar-refractivity contribution in [1.29, 1.82) is 0 Å². The van der Waals surface area contributed by atoms with E-state index in [0.29, 0.717) is 28.7 Å². The SMILES string of the molecule is Cn1c(=O)c2ccccc2n2c(SCCOc3ccccc3F)nnc12. The van der Waals surface area contributed by atoms with E-state index in [9.17, 15) is 9.18 Å². The van der Waals surface area contributed by atoms with Gasteiger partial charge in [0.05, 0.1) is 17.5 Å². The van der Waals surface area contributed by atoms with Gasteiger partial charge in [0.1, 0.15) is 0 Å². The fourth-order valence-corrected chi connectivity index (χ4v) is 3.51. The Morgan fingerprint density at radius 3 is 2.73 bits per heavy atom. The number of halogens is 1. The molecule has 0 atom stereocenters. The van der Waals surface area contributed by atoms with E-state index in [1.165, 1.54) is 22.4 Å². The van der Waals surface area contributed by atoms with Crippen molar-refractivity contribution in [1.82, 2.24) is 19.2 Å². The number of benzene rings is 2. The fraction of sp³-hybridized carbons (Fsp3) is 0.167. The molecule has 0 radical (unpaired) electrons. The number of rotatable bonds is 5. The van der Waals surface area contributed by atoms with Crippen molar-refractivity contribution in [3.63, 3.8) is 0 Å². The molecule has 0 fully saturated rings. The third-order valence-corrected chi connectivity index (χ3v) is 4.90. The maximum Gasteiger partial charge on any atom is 0.262 e. The van der Waals surface area contributed by atoms with Crippen LogP contribution in [0.2, 0.25) is 0 Å². The number of hydrogen-bond acceptors (Lipinski definition) is 5. The highest BCUT2D eigenvalue weighted by atomic mass is 32.2. The summed E-state index contributed by atoms with van der Waals surface area (Å²) in [6.07, 6.45) is 0. The van der Waals surface area contributed by atoms with Crippen LogP contribution in [0.5, 0.6) is 5.75 Å². The average Bonchev–Trinajstić information content (AvgIpc) is 3.09. The summed E-state index contributed by atoms with van der Waals surface area (Å²) in [6.45, 7) is 0.324. The van der Waals surface area contributed by atoms with E-state index in [1.807, 2.05) is 22.6 Å². The Kier molecular flexibility index (Phi) is 4.34. The Morgan fingerprint density at radius 1 is 1.12 bits per heavy atom. The van der Waals surface area contributed by atoms with Gasteiger partial charge in [0, 0.05) is 12.8 Å². The number of para-hydroxylation sites is 2. The first-order valence-electron chi connectivity index (χ1n) is 8.00. The van der Waals surface area contributed by atoms with Crippen LogP contribution in [0.15, 0.2) is 58.5 Å². The van der Waals surface area contributed by atoms with Gasteiger partial charge in [-0.05, 0) is 24.3 Å². The van der Waals surface area contributed by atoms with E-state index in [4.69, 9.17) is 4.74 Å². The lowest BCUT2D eigenvalue weighted by molar-refractivity contribution is 0.325. The summed E-state index contributed by atoms with van der Waals surface area (Å²) in [7, 11) is 1.68. The molecule has 0 bridgehead atoms. The first-order valence-corrected chi connectivity index (χ1v) is 8.98. The van der Waals surface area contributed by atoms with Gasteiger partial charge in [0.2, 0.25) is 5.78 Å². The van der Waals surface area contributed by atoms with Crippen LogP contribution >= 0.6 is 11.8 Å². The Labute approximate surface area is 152 Å². The van der Waals surface area contributed by atoms with E-state index in [2.05, 4.69) is 10.2 Å². The Hall–Kier alpha value is -2.87. The van der Waals surface area contributed by atoms with Gasteiger partial charge in [-0.3, -0.25) is 13.8 Å². The molecule has 0 aliphatic carbocycles. The topological polar surface area (TPSA) is 61.4 Å². The number of aryl methyl sites for hydroxylation is 1. The zero-order valence-corrected chi connectivity index (χ0v) is 14.7. The summed E-state index contributed by atoms with van der Waals surface area (Å²) in [4.78, 5) is 12.4. The number of ether oxygens (including phenoxy) is 1. The van der Waals surface area contributed by atoms with E-state index in [0.717, 1.165) is 5.52 Å². The second-order valence-electron chi connectivity index (χ2n) is 5.63. The van der Waals surface area contributed by atoms with Gasteiger partial charge in [-0.15, -0.1) is 10.2 Å². The molecule has 6 nitrogen and oxygen atoms in total. The molecule has 4 rings (SSSR count). The molecule has 132 valence electrons. The second kappa shape index (κ2) is 6.80. The molecule has 2 aromatic heterocycles. The number of fused-ring (bicyclic) bond motifs is 3. The van der Waals surface area contributed by atoms with E-state index in [-0.39, 0.29) is 17.1 Å². The first kappa shape index (κ1) is 16.6. The molecule has 0 aliphatic heterocycles. The summed E-state index contributed by atoms with van der Waals surface area (Å²) in [6, 6.07) is 13.7. The Balaban J connectivity index is 1.60. The van der Waals surface area contributed by atoms with Crippen LogP contribution in [0.4, 0.5) is 4.39 Å². The molecule has 0 unspecified atom stereocenters. The zero-order valence-electron chi connectivity index (χ0n) is 13.9. The van der Waals surface area contributed by atoms with Gasteiger partial charge in [-0.2, -0.15) is 0 Å². The normalized spacial score (nSPS) is 11.3. The predicted molar refractivity (Wildman–Crippen MR) is 98.4 cm³/mol. The van der Waals surface area contributed by atoms with Crippen molar-refractivity contribution in [2.45, 2.75) is 5.16 Å². The lowest BCUT2D eigenvalue weighted by Crippen LogP contribution is -2.20. The number of hydrogen-bond donors (Lipinski definition) is 0. The van der Waals surface area contributed by atoms with Gasteiger partial charge >= 0.3 is 0 Å². The highest BCUT2D eigenvalue weighted by Gasteiger charge is 2.14. The van der Waals surface area contributed by atoms with Crippen molar-refractivity contribution in [3.8, 4) is 5.75 Å². The minimum atomic E-state index is -0.383. The summed E-state index contributed by atoms with van der Waals surface area (Å²) >= 11 is 1.44. The minimum Gasteiger partial charge on any atom is -0.490 e. The standard InChI is InChI=1S/C18H15FN4O2S/c1-22-16(24)12-6-2-4-8-14(12)23-17(22)20-21-18(23)26-11-10-25-15-9-5-3-7-13(15)19/h2-9H,10-11H2,1H3. The van der Waals surface area contributed by atoms with Crippen LogP contribution in [0.1, 0.15) is 0 Å². The van der Waals surface area contributed by atoms with Crippen molar-refractivity contribution in [3.05, 3.63) is 64.7 Å². The zero-order chi connectivity index (χ0) is 18.1. The van der Waals surface area contributed by atoms with Gasteiger partial charge in [0.25, 0.3) is 5.56 Å². The fourth-order valence-electron chi connectivity index (χ4n) is 2.75. The molecule has 0 spiro atoms. The van der Waals surface area contributed by atoms with Crippen LogP contribution in [0.25, 0.3) is 16.7 Å². The molecular formula is C18H15FN4O2S. The van der Waals surface area contributed by atoms with Crippen molar-refractivity contribution in [2.75, 3.05) is 12.4 Å². The highest BCUT2D eigenvalue weighted by molar-refractivity contribution is 7.99. The average molecular weight is 370 g/mol. The number of nitrogens with zero attached hydrogens (tertiary/aromatic N) is 4. The molecule has 4 aromatic rings. The molecule has 2 aromatic carbocycles. The Bertz CT molecular complexity index is 1160. The van der Waals surface area contributed by atoms with Crippen LogP contribution in [0, 0.1) is 5.82 Å². The van der Waals surface area contributed by atoms with Crippen molar-refractivity contribution in [2.24, 2.45) is 7.05 Å². The highest BCUT2D eigenvalue weighted by Crippen LogP contribution is 2.22. The van der Waals surface area contributed by atoms with Gasteiger partial charge in [0.15, 0.2) is 16.7 Å². The third-order valence-electron chi connectivity index (χ3n) is 4.00. The largest absolute Gasteiger partial charge is 0.490 e.